The minimum atomic E-state index is -0.0387. The lowest BCUT2D eigenvalue weighted by Gasteiger charge is -2.16. The van der Waals surface area contributed by atoms with Crippen LogP contribution in [0, 0.1) is 5.92 Å². The summed E-state index contributed by atoms with van der Waals surface area (Å²) in [5, 5.41) is 5.94. The summed E-state index contributed by atoms with van der Waals surface area (Å²) in [5.74, 6) is 0.843. The van der Waals surface area contributed by atoms with Crippen molar-refractivity contribution in [2.45, 2.75) is 33.4 Å². The molecule has 2 N–H and O–H groups in total. The Morgan fingerprint density at radius 3 is 2.50 bits per heavy atom. The van der Waals surface area contributed by atoms with E-state index in [0.717, 1.165) is 11.3 Å². The first-order chi connectivity index (χ1) is 9.04. The number of hydrogen-bond acceptors (Lipinski definition) is 3. The Balaban J connectivity index is 0.00000361. The lowest BCUT2D eigenvalue weighted by molar-refractivity contribution is -0.124. The number of benzene rings is 1. The topological polar surface area (TPSA) is 50.4 Å². The molecule has 0 fully saturated rings. The van der Waals surface area contributed by atoms with E-state index < -0.39 is 0 Å². The minimum Gasteiger partial charge on any atom is -0.491 e. The Kier molecular flexibility index (Phi) is 9.01. The summed E-state index contributed by atoms with van der Waals surface area (Å²) >= 11 is 0. The highest BCUT2D eigenvalue weighted by Crippen LogP contribution is 2.19. The fraction of sp³-hybridized carbons (Fsp3) is 0.533. The first kappa shape index (κ1) is 18.7. The number of carbonyl (C=O) groups excluding carboxylic acids is 1. The largest absolute Gasteiger partial charge is 0.491 e. The van der Waals surface area contributed by atoms with Gasteiger partial charge in [0.2, 0.25) is 5.91 Å². The maximum atomic E-state index is 11.8. The second kappa shape index (κ2) is 9.61. The van der Waals surface area contributed by atoms with Crippen molar-refractivity contribution in [3.05, 3.63) is 29.8 Å². The van der Waals surface area contributed by atoms with Crippen molar-refractivity contribution >= 4 is 18.3 Å². The molecule has 1 amide bonds. The Hall–Kier alpha value is -1.26. The molecule has 0 aliphatic carbocycles. The van der Waals surface area contributed by atoms with Gasteiger partial charge in [0.1, 0.15) is 5.75 Å². The number of hydrogen-bond donors (Lipinski definition) is 2. The number of carbonyl (C=O) groups is 1. The molecular weight excluding hydrogens is 276 g/mol. The maximum absolute atomic E-state index is 11.8. The first-order valence-electron chi connectivity index (χ1n) is 6.71. The molecule has 1 atom stereocenters. The van der Waals surface area contributed by atoms with E-state index in [4.69, 9.17) is 4.74 Å². The van der Waals surface area contributed by atoms with Crippen molar-refractivity contribution in [1.29, 1.82) is 0 Å². The number of para-hydroxylation sites is 1. The zero-order valence-corrected chi connectivity index (χ0v) is 13.4. The van der Waals surface area contributed by atoms with Gasteiger partial charge in [-0.15, -0.1) is 12.4 Å². The van der Waals surface area contributed by atoms with Crippen LogP contribution in [0.25, 0.3) is 0 Å². The molecule has 1 rings (SSSR count). The van der Waals surface area contributed by atoms with Crippen molar-refractivity contribution in [3.63, 3.8) is 0 Å². The molecule has 0 heterocycles. The maximum Gasteiger partial charge on any atom is 0.224 e. The molecule has 114 valence electrons. The summed E-state index contributed by atoms with van der Waals surface area (Å²) in [4.78, 5) is 11.8. The molecule has 1 aromatic carbocycles. The number of nitrogens with one attached hydrogen (secondary N) is 2. The van der Waals surface area contributed by atoms with E-state index in [2.05, 4.69) is 10.6 Å². The van der Waals surface area contributed by atoms with Gasteiger partial charge in [-0.25, -0.2) is 0 Å². The zero-order chi connectivity index (χ0) is 14.3. The molecule has 5 heteroatoms. The SMILES string of the molecule is CNCC(C)C(=O)NCc1ccccc1OC(C)C.Cl. The van der Waals surface area contributed by atoms with Crippen LogP contribution in [0.5, 0.6) is 5.75 Å². The lowest BCUT2D eigenvalue weighted by atomic mass is 10.1. The normalized spacial score (nSPS) is 11.7. The van der Waals surface area contributed by atoms with E-state index in [1.54, 1.807) is 0 Å². The van der Waals surface area contributed by atoms with Gasteiger partial charge >= 0.3 is 0 Å². The Morgan fingerprint density at radius 2 is 1.90 bits per heavy atom. The van der Waals surface area contributed by atoms with E-state index in [1.807, 2.05) is 52.1 Å². The smallest absolute Gasteiger partial charge is 0.224 e. The summed E-state index contributed by atoms with van der Waals surface area (Å²) in [6, 6.07) is 7.79. The molecule has 20 heavy (non-hydrogen) atoms. The molecule has 4 nitrogen and oxygen atoms in total. The van der Waals surface area contributed by atoms with Crippen LogP contribution in [-0.2, 0) is 11.3 Å². The van der Waals surface area contributed by atoms with Gasteiger partial charge in [-0.3, -0.25) is 4.79 Å². The van der Waals surface area contributed by atoms with Crippen molar-refractivity contribution in [2.24, 2.45) is 5.92 Å². The second-order valence-electron chi connectivity index (χ2n) is 4.95. The molecule has 0 aliphatic rings. The number of amides is 1. The summed E-state index contributed by atoms with van der Waals surface area (Å²) in [6.45, 7) is 7.06. The minimum absolute atomic E-state index is 0. The molecule has 0 bridgehead atoms. The Morgan fingerprint density at radius 1 is 1.25 bits per heavy atom. The van der Waals surface area contributed by atoms with E-state index in [9.17, 15) is 4.79 Å². The van der Waals surface area contributed by atoms with Crippen LogP contribution < -0.4 is 15.4 Å². The fourth-order valence-electron chi connectivity index (χ4n) is 1.77. The molecule has 0 radical (unpaired) electrons. The molecule has 1 unspecified atom stereocenters. The highest BCUT2D eigenvalue weighted by molar-refractivity contribution is 5.85. The number of rotatable bonds is 7. The zero-order valence-electron chi connectivity index (χ0n) is 12.6. The third kappa shape index (κ3) is 6.26. The van der Waals surface area contributed by atoms with Crippen LogP contribution in [0.1, 0.15) is 26.3 Å². The Bertz CT molecular complexity index is 411. The van der Waals surface area contributed by atoms with Gasteiger partial charge in [0, 0.05) is 24.6 Å². The quantitative estimate of drug-likeness (QED) is 0.813. The summed E-state index contributed by atoms with van der Waals surface area (Å²) in [5.41, 5.74) is 1.00. The van der Waals surface area contributed by atoms with E-state index in [0.29, 0.717) is 13.1 Å². The molecule has 0 aromatic heterocycles. The fourth-order valence-corrected chi connectivity index (χ4v) is 1.77. The van der Waals surface area contributed by atoms with E-state index in [-0.39, 0.29) is 30.3 Å². The highest BCUT2D eigenvalue weighted by Gasteiger charge is 2.12. The van der Waals surface area contributed by atoms with Crippen LogP contribution in [0.2, 0.25) is 0 Å². The van der Waals surface area contributed by atoms with Gasteiger partial charge in [-0.1, -0.05) is 25.1 Å². The summed E-state index contributed by atoms with van der Waals surface area (Å²) in [6.07, 6.45) is 0.125. The second-order valence-corrected chi connectivity index (χ2v) is 4.95. The monoisotopic (exact) mass is 300 g/mol. The van der Waals surface area contributed by atoms with Gasteiger partial charge in [0.15, 0.2) is 0 Å². The third-order valence-electron chi connectivity index (χ3n) is 2.75. The van der Waals surface area contributed by atoms with Crippen LogP contribution in [0.4, 0.5) is 0 Å². The van der Waals surface area contributed by atoms with E-state index in [1.165, 1.54) is 0 Å². The average Bonchev–Trinajstić information content (AvgIpc) is 2.37. The van der Waals surface area contributed by atoms with Crippen LogP contribution in [0.3, 0.4) is 0 Å². The lowest BCUT2D eigenvalue weighted by Crippen LogP contribution is -2.34. The number of halogens is 1. The van der Waals surface area contributed by atoms with Crippen molar-refractivity contribution < 1.29 is 9.53 Å². The Labute approximate surface area is 127 Å². The number of ether oxygens (including phenoxy) is 1. The first-order valence-corrected chi connectivity index (χ1v) is 6.71. The van der Waals surface area contributed by atoms with Crippen LogP contribution in [0.15, 0.2) is 24.3 Å². The predicted molar refractivity (Wildman–Crippen MR) is 84.4 cm³/mol. The molecule has 0 spiro atoms. The van der Waals surface area contributed by atoms with Gasteiger partial charge in [-0.05, 0) is 27.0 Å². The molecule has 0 saturated heterocycles. The van der Waals surface area contributed by atoms with Crippen LogP contribution >= 0.6 is 12.4 Å². The predicted octanol–water partition coefficient (Wildman–Crippen LogP) is 2.37. The van der Waals surface area contributed by atoms with Crippen LogP contribution in [-0.4, -0.2) is 25.6 Å². The molecule has 1 aromatic rings. The molecular formula is C15H25ClN2O2. The van der Waals surface area contributed by atoms with Crippen molar-refractivity contribution in [1.82, 2.24) is 10.6 Å². The van der Waals surface area contributed by atoms with Gasteiger partial charge in [0.05, 0.1) is 6.10 Å². The van der Waals surface area contributed by atoms with Gasteiger partial charge in [0.25, 0.3) is 0 Å². The van der Waals surface area contributed by atoms with Crippen molar-refractivity contribution in [2.75, 3.05) is 13.6 Å². The van der Waals surface area contributed by atoms with E-state index >= 15 is 0 Å². The molecule has 0 saturated carbocycles. The summed E-state index contributed by atoms with van der Waals surface area (Å²) in [7, 11) is 1.84. The summed E-state index contributed by atoms with van der Waals surface area (Å²) < 4.78 is 5.72. The third-order valence-corrected chi connectivity index (χ3v) is 2.75. The van der Waals surface area contributed by atoms with Gasteiger partial charge < -0.3 is 15.4 Å². The van der Waals surface area contributed by atoms with Crippen molar-refractivity contribution in [3.8, 4) is 5.75 Å². The standard InChI is InChI=1S/C15H24N2O2.ClH/c1-11(2)19-14-8-6-5-7-13(14)10-17-15(18)12(3)9-16-4;/h5-8,11-12,16H,9-10H2,1-4H3,(H,17,18);1H. The highest BCUT2D eigenvalue weighted by atomic mass is 35.5. The van der Waals surface area contributed by atoms with Gasteiger partial charge in [-0.2, -0.15) is 0 Å². The molecule has 0 aliphatic heterocycles. The average molecular weight is 301 g/mol.